The molecule has 0 spiro atoms. The Morgan fingerprint density at radius 1 is 1.13 bits per heavy atom. The van der Waals surface area contributed by atoms with E-state index in [9.17, 15) is 4.79 Å². The van der Waals surface area contributed by atoms with Crippen molar-refractivity contribution in [1.29, 1.82) is 0 Å². The molecule has 0 radical (unpaired) electrons. The molecule has 4 heteroatoms. The Morgan fingerprint density at radius 2 is 1.78 bits per heavy atom. The van der Waals surface area contributed by atoms with Gasteiger partial charge in [0, 0.05) is 0 Å². The van der Waals surface area contributed by atoms with Gasteiger partial charge in [0.1, 0.15) is 0 Å². The fourth-order valence-electron chi connectivity index (χ4n) is 2.30. The van der Waals surface area contributed by atoms with Crippen LogP contribution in [0.25, 0.3) is 0 Å². The Balaban J connectivity index is 1.93. The minimum atomic E-state index is -1.90. The quantitative estimate of drug-likeness (QED) is 0.727. The van der Waals surface area contributed by atoms with Gasteiger partial charge in [0.15, 0.2) is 14.1 Å². The van der Waals surface area contributed by atoms with Crippen molar-refractivity contribution in [3.05, 3.63) is 48.0 Å². The maximum absolute atomic E-state index is 12.1. The van der Waals surface area contributed by atoms with Gasteiger partial charge in [0.2, 0.25) is 0 Å². The van der Waals surface area contributed by atoms with Crippen molar-refractivity contribution < 1.29 is 14.0 Å². The molecule has 0 aliphatic heterocycles. The van der Waals surface area contributed by atoms with E-state index in [0.717, 1.165) is 5.56 Å². The number of hydrogen-bond donors (Lipinski definition) is 0. The first-order valence-corrected chi connectivity index (χ1v) is 11.1. The number of carbonyl (C=O) groups is 1. The predicted molar refractivity (Wildman–Crippen MR) is 95.8 cm³/mol. The van der Waals surface area contributed by atoms with Crippen LogP contribution in [0.4, 0.5) is 0 Å². The largest absolute Gasteiger partial charge is 0.410 e. The molecular formula is C19H28O3Si. The van der Waals surface area contributed by atoms with E-state index in [-0.39, 0.29) is 22.8 Å². The highest BCUT2D eigenvalue weighted by Crippen LogP contribution is 2.39. The first-order valence-electron chi connectivity index (χ1n) is 8.22. The molecule has 1 aliphatic carbocycles. The molecule has 0 amide bonds. The smallest absolute Gasteiger partial charge is 0.192 e. The summed E-state index contributed by atoms with van der Waals surface area (Å²) in [5.41, 5.74) is 1.12. The van der Waals surface area contributed by atoms with Crippen molar-refractivity contribution in [2.75, 3.05) is 6.61 Å². The molecule has 1 aromatic rings. The van der Waals surface area contributed by atoms with E-state index >= 15 is 0 Å². The van der Waals surface area contributed by atoms with Crippen molar-refractivity contribution in [1.82, 2.24) is 0 Å². The summed E-state index contributed by atoms with van der Waals surface area (Å²) in [6, 6.07) is 10.0. The van der Waals surface area contributed by atoms with Gasteiger partial charge in [0.05, 0.1) is 25.2 Å². The molecule has 0 heterocycles. The van der Waals surface area contributed by atoms with Crippen molar-refractivity contribution in [3.63, 3.8) is 0 Å². The monoisotopic (exact) mass is 332 g/mol. The van der Waals surface area contributed by atoms with Crippen molar-refractivity contribution in [2.45, 2.75) is 51.6 Å². The van der Waals surface area contributed by atoms with E-state index in [0.29, 0.717) is 13.2 Å². The van der Waals surface area contributed by atoms with Crippen LogP contribution in [-0.2, 0) is 20.6 Å². The number of benzene rings is 1. The summed E-state index contributed by atoms with van der Waals surface area (Å²) < 4.78 is 12.2. The highest BCUT2D eigenvalue weighted by atomic mass is 28.4. The van der Waals surface area contributed by atoms with Gasteiger partial charge in [-0.3, -0.25) is 4.79 Å². The van der Waals surface area contributed by atoms with Gasteiger partial charge in [-0.1, -0.05) is 57.2 Å². The van der Waals surface area contributed by atoms with Gasteiger partial charge in [-0.05, 0) is 29.8 Å². The fraction of sp³-hybridized carbons (Fsp3) is 0.526. The zero-order valence-corrected chi connectivity index (χ0v) is 15.8. The second-order valence-corrected chi connectivity index (χ2v) is 12.5. The van der Waals surface area contributed by atoms with Gasteiger partial charge in [-0.2, -0.15) is 0 Å². The molecule has 0 fully saturated rings. The summed E-state index contributed by atoms with van der Waals surface area (Å²) in [5, 5.41) is 0.127. The molecule has 0 unspecified atom stereocenters. The fourth-order valence-corrected chi connectivity index (χ4v) is 3.58. The maximum atomic E-state index is 12.1. The summed E-state index contributed by atoms with van der Waals surface area (Å²) in [7, 11) is -1.90. The molecule has 2 atom stereocenters. The zero-order chi connectivity index (χ0) is 17.1. The Kier molecular flexibility index (Phi) is 5.60. The molecule has 0 saturated heterocycles. The highest BCUT2D eigenvalue weighted by Gasteiger charge is 2.42. The van der Waals surface area contributed by atoms with Crippen LogP contribution in [0.5, 0.6) is 0 Å². The standard InChI is InChI=1S/C19H28O3Si/c1-19(2,3)23(4,5)22-18-12-11-17(20)16(18)14-21-13-15-9-7-6-8-10-15/h6-12,16,18H,13-14H2,1-5H3/t16-,18-/m0/s1. The lowest BCUT2D eigenvalue weighted by Crippen LogP contribution is -2.45. The van der Waals surface area contributed by atoms with Gasteiger partial charge < -0.3 is 9.16 Å². The number of hydrogen-bond acceptors (Lipinski definition) is 3. The van der Waals surface area contributed by atoms with Gasteiger partial charge in [0.25, 0.3) is 0 Å². The van der Waals surface area contributed by atoms with Crippen LogP contribution in [0.15, 0.2) is 42.5 Å². The van der Waals surface area contributed by atoms with E-state index in [1.54, 1.807) is 6.08 Å². The average Bonchev–Trinajstić information content (AvgIpc) is 2.79. The Morgan fingerprint density at radius 3 is 2.39 bits per heavy atom. The Bertz CT molecular complexity index is 558. The third kappa shape index (κ3) is 4.63. The molecule has 2 rings (SSSR count). The average molecular weight is 333 g/mol. The Labute approximate surface area is 140 Å². The molecular weight excluding hydrogens is 304 g/mol. The van der Waals surface area contributed by atoms with Crippen molar-refractivity contribution in [2.24, 2.45) is 5.92 Å². The molecule has 3 nitrogen and oxygen atoms in total. The van der Waals surface area contributed by atoms with E-state index in [4.69, 9.17) is 9.16 Å². The van der Waals surface area contributed by atoms with Crippen LogP contribution in [0.1, 0.15) is 26.3 Å². The molecule has 23 heavy (non-hydrogen) atoms. The van der Waals surface area contributed by atoms with Crippen molar-refractivity contribution >= 4 is 14.1 Å². The molecule has 0 saturated carbocycles. The minimum absolute atomic E-state index is 0.113. The second kappa shape index (κ2) is 7.12. The van der Waals surface area contributed by atoms with E-state index in [2.05, 4.69) is 33.9 Å². The number of ketones is 1. The molecule has 1 aromatic carbocycles. The predicted octanol–water partition coefficient (Wildman–Crippen LogP) is 4.35. The molecule has 0 N–H and O–H groups in total. The second-order valence-electron chi connectivity index (χ2n) is 7.71. The number of rotatable bonds is 6. The normalized spacial score (nSPS) is 21.9. The zero-order valence-electron chi connectivity index (χ0n) is 14.8. The highest BCUT2D eigenvalue weighted by molar-refractivity contribution is 6.74. The summed E-state index contributed by atoms with van der Waals surface area (Å²) >= 11 is 0. The van der Waals surface area contributed by atoms with E-state index in [1.807, 2.05) is 36.4 Å². The van der Waals surface area contributed by atoms with Crippen molar-refractivity contribution in [3.8, 4) is 0 Å². The van der Waals surface area contributed by atoms with Crippen LogP contribution in [0.2, 0.25) is 18.1 Å². The van der Waals surface area contributed by atoms with Gasteiger partial charge in [-0.25, -0.2) is 0 Å². The maximum Gasteiger partial charge on any atom is 0.192 e. The van der Waals surface area contributed by atoms with Crippen LogP contribution >= 0.6 is 0 Å². The number of ether oxygens (including phenoxy) is 1. The lowest BCUT2D eigenvalue weighted by Gasteiger charge is -2.39. The molecule has 1 aliphatic rings. The first-order chi connectivity index (χ1) is 10.7. The van der Waals surface area contributed by atoms with Crippen LogP contribution in [-0.4, -0.2) is 26.8 Å². The number of allylic oxidation sites excluding steroid dienone is 1. The third-order valence-corrected chi connectivity index (χ3v) is 9.33. The third-order valence-electron chi connectivity index (χ3n) is 4.86. The van der Waals surface area contributed by atoms with Crippen LogP contribution < -0.4 is 0 Å². The number of carbonyl (C=O) groups excluding carboxylic acids is 1. The molecule has 126 valence electrons. The minimum Gasteiger partial charge on any atom is -0.410 e. The summed E-state index contributed by atoms with van der Waals surface area (Å²) in [4.78, 5) is 12.1. The van der Waals surface area contributed by atoms with Crippen LogP contribution in [0.3, 0.4) is 0 Å². The lowest BCUT2D eigenvalue weighted by molar-refractivity contribution is -0.121. The molecule has 0 aromatic heterocycles. The lowest BCUT2D eigenvalue weighted by atomic mass is 10.1. The summed E-state index contributed by atoms with van der Waals surface area (Å²) in [6.07, 6.45) is 3.40. The topological polar surface area (TPSA) is 35.5 Å². The van der Waals surface area contributed by atoms with E-state index in [1.165, 1.54) is 0 Å². The van der Waals surface area contributed by atoms with E-state index < -0.39 is 8.32 Å². The first kappa shape index (κ1) is 18.1. The molecule has 0 bridgehead atoms. The Hall–Kier alpha value is -1.23. The van der Waals surface area contributed by atoms with Gasteiger partial charge in [-0.15, -0.1) is 0 Å². The summed E-state index contributed by atoms with van der Waals surface area (Å²) in [5.74, 6) is -0.102. The van der Waals surface area contributed by atoms with Crippen LogP contribution in [0, 0.1) is 5.92 Å². The SMILES string of the molecule is CC(C)(C)[Si](C)(C)O[C@H]1C=CC(=O)[C@@H]1COCc1ccccc1. The van der Waals surface area contributed by atoms with Gasteiger partial charge >= 0.3 is 0 Å². The summed E-state index contributed by atoms with van der Waals surface area (Å²) in [6.45, 7) is 12.0.